The van der Waals surface area contributed by atoms with Gasteiger partial charge in [0.2, 0.25) is 0 Å². The van der Waals surface area contributed by atoms with Gasteiger partial charge < -0.3 is 4.84 Å². The van der Waals surface area contributed by atoms with Gasteiger partial charge in [-0.2, -0.15) is 0 Å². The van der Waals surface area contributed by atoms with E-state index < -0.39 is 11.6 Å². The summed E-state index contributed by atoms with van der Waals surface area (Å²) in [5.74, 6) is -1.73. The minimum Gasteiger partial charge on any atom is -0.391 e. The predicted molar refractivity (Wildman–Crippen MR) is 49.9 cm³/mol. The molecule has 0 radical (unpaired) electrons. The van der Waals surface area contributed by atoms with Gasteiger partial charge in [0.1, 0.15) is 6.61 Å². The third-order valence-corrected chi connectivity index (χ3v) is 1.46. The molecule has 1 aromatic rings. The van der Waals surface area contributed by atoms with E-state index >= 15 is 0 Å². The van der Waals surface area contributed by atoms with E-state index in [0.29, 0.717) is 5.56 Å². The molecule has 2 nitrogen and oxygen atoms in total. The van der Waals surface area contributed by atoms with Crippen LogP contribution in [0.3, 0.4) is 0 Å². The van der Waals surface area contributed by atoms with E-state index in [2.05, 4.69) is 5.16 Å². The SMILES string of the molecule is CC(C)=NOCc1ccc(F)c(F)c1. The average Bonchev–Trinajstić information content (AvgIpc) is 2.10. The molecule has 1 rings (SSSR count). The van der Waals surface area contributed by atoms with Crippen molar-refractivity contribution in [3.63, 3.8) is 0 Å². The zero-order valence-electron chi connectivity index (χ0n) is 8.05. The van der Waals surface area contributed by atoms with Crippen LogP contribution in [0.5, 0.6) is 0 Å². The lowest BCUT2D eigenvalue weighted by Crippen LogP contribution is -1.92. The lowest BCUT2D eigenvalue weighted by Gasteiger charge is -2.00. The van der Waals surface area contributed by atoms with Crippen LogP contribution in [0, 0.1) is 11.6 Å². The molecular weight excluding hydrogens is 188 g/mol. The van der Waals surface area contributed by atoms with Gasteiger partial charge in [0.15, 0.2) is 11.6 Å². The van der Waals surface area contributed by atoms with E-state index in [9.17, 15) is 8.78 Å². The van der Waals surface area contributed by atoms with Gasteiger partial charge in [-0.15, -0.1) is 0 Å². The summed E-state index contributed by atoms with van der Waals surface area (Å²) in [6.07, 6.45) is 0. The molecule has 0 saturated carbocycles. The molecule has 4 heteroatoms. The van der Waals surface area contributed by atoms with Gasteiger partial charge >= 0.3 is 0 Å². The number of hydrogen-bond donors (Lipinski definition) is 0. The van der Waals surface area contributed by atoms with Crippen molar-refractivity contribution in [2.45, 2.75) is 20.5 Å². The molecule has 0 aliphatic carbocycles. The quantitative estimate of drug-likeness (QED) is 0.541. The molecule has 76 valence electrons. The van der Waals surface area contributed by atoms with Crippen LogP contribution in [0.25, 0.3) is 0 Å². The molecule has 1 aromatic carbocycles. The van der Waals surface area contributed by atoms with Crippen molar-refractivity contribution in [2.75, 3.05) is 0 Å². The van der Waals surface area contributed by atoms with Gasteiger partial charge in [0.25, 0.3) is 0 Å². The number of halogens is 2. The molecule has 0 bridgehead atoms. The fraction of sp³-hybridized carbons (Fsp3) is 0.300. The van der Waals surface area contributed by atoms with E-state index in [-0.39, 0.29) is 6.61 Å². The van der Waals surface area contributed by atoms with Crippen LogP contribution in [0.15, 0.2) is 23.4 Å². The molecule has 0 N–H and O–H groups in total. The maximum absolute atomic E-state index is 12.7. The topological polar surface area (TPSA) is 21.6 Å². The molecule has 0 amide bonds. The van der Waals surface area contributed by atoms with Crippen LogP contribution >= 0.6 is 0 Å². The van der Waals surface area contributed by atoms with E-state index in [1.807, 2.05) is 0 Å². The van der Waals surface area contributed by atoms with E-state index in [0.717, 1.165) is 17.8 Å². The highest BCUT2D eigenvalue weighted by Gasteiger charge is 2.02. The Labute approximate surface area is 81.2 Å². The van der Waals surface area contributed by atoms with Gasteiger partial charge in [-0.25, -0.2) is 8.78 Å². The third kappa shape index (κ3) is 3.12. The summed E-state index contributed by atoms with van der Waals surface area (Å²) in [6.45, 7) is 3.71. The minimum atomic E-state index is -0.872. The summed E-state index contributed by atoms with van der Waals surface area (Å²) in [7, 11) is 0. The molecular formula is C10H11F2NO. The first kappa shape index (κ1) is 10.6. The van der Waals surface area contributed by atoms with Gasteiger partial charge in [0.05, 0.1) is 5.71 Å². The standard InChI is InChI=1S/C10H11F2NO/c1-7(2)13-14-6-8-3-4-9(11)10(12)5-8/h3-5H,6H2,1-2H3. The van der Waals surface area contributed by atoms with Crippen LogP contribution in [0.1, 0.15) is 19.4 Å². The fourth-order valence-corrected chi connectivity index (χ4v) is 0.865. The smallest absolute Gasteiger partial charge is 0.159 e. The molecule has 0 atom stereocenters. The molecule has 0 spiro atoms. The number of oxime groups is 1. The van der Waals surface area contributed by atoms with Crippen LogP contribution in [0.4, 0.5) is 8.78 Å². The molecule has 0 aliphatic heterocycles. The third-order valence-electron chi connectivity index (χ3n) is 1.46. The van der Waals surface area contributed by atoms with E-state index in [4.69, 9.17) is 4.84 Å². The maximum Gasteiger partial charge on any atom is 0.159 e. The Bertz CT molecular complexity index is 346. The Kier molecular flexibility index (Phi) is 3.56. The van der Waals surface area contributed by atoms with Gasteiger partial charge in [-0.3, -0.25) is 0 Å². The first-order valence-electron chi connectivity index (χ1n) is 4.16. The lowest BCUT2D eigenvalue weighted by molar-refractivity contribution is 0.130. The van der Waals surface area contributed by atoms with Crippen molar-refractivity contribution in [2.24, 2.45) is 5.16 Å². The van der Waals surface area contributed by atoms with Crippen LogP contribution in [-0.2, 0) is 11.4 Å². The fourth-order valence-electron chi connectivity index (χ4n) is 0.865. The van der Waals surface area contributed by atoms with Crippen LogP contribution in [0.2, 0.25) is 0 Å². The molecule has 0 heterocycles. The summed E-state index contributed by atoms with van der Waals surface area (Å²) < 4.78 is 25.2. The first-order chi connectivity index (χ1) is 6.59. The number of rotatable bonds is 3. The Morgan fingerprint density at radius 3 is 2.57 bits per heavy atom. The van der Waals surface area contributed by atoms with E-state index in [1.54, 1.807) is 13.8 Å². The van der Waals surface area contributed by atoms with Crippen molar-refractivity contribution in [1.82, 2.24) is 0 Å². The second kappa shape index (κ2) is 4.69. The van der Waals surface area contributed by atoms with E-state index in [1.165, 1.54) is 6.07 Å². The molecule has 0 aromatic heterocycles. The Balaban J connectivity index is 2.60. The summed E-state index contributed by atoms with van der Waals surface area (Å²) in [5.41, 5.74) is 1.32. The number of benzene rings is 1. The summed E-state index contributed by atoms with van der Waals surface area (Å²) >= 11 is 0. The van der Waals surface area contributed by atoms with Crippen LogP contribution in [-0.4, -0.2) is 5.71 Å². The van der Waals surface area contributed by atoms with Gasteiger partial charge in [0, 0.05) is 0 Å². The number of nitrogens with zero attached hydrogens (tertiary/aromatic N) is 1. The summed E-state index contributed by atoms with van der Waals surface area (Å²) in [4.78, 5) is 4.87. The maximum atomic E-state index is 12.7. The van der Waals surface area contributed by atoms with Crippen molar-refractivity contribution >= 4 is 5.71 Å². The molecule has 0 fully saturated rings. The summed E-state index contributed by atoms with van der Waals surface area (Å²) in [5, 5.41) is 3.67. The summed E-state index contributed by atoms with van der Waals surface area (Å²) in [6, 6.07) is 3.62. The van der Waals surface area contributed by atoms with Crippen molar-refractivity contribution in [3.05, 3.63) is 35.4 Å². The first-order valence-corrected chi connectivity index (χ1v) is 4.16. The minimum absolute atomic E-state index is 0.141. The molecule has 0 unspecified atom stereocenters. The zero-order valence-corrected chi connectivity index (χ0v) is 8.05. The Morgan fingerprint density at radius 1 is 1.29 bits per heavy atom. The highest BCUT2D eigenvalue weighted by Crippen LogP contribution is 2.09. The largest absolute Gasteiger partial charge is 0.391 e. The molecule has 14 heavy (non-hydrogen) atoms. The monoisotopic (exact) mass is 199 g/mol. The van der Waals surface area contributed by atoms with Crippen LogP contribution < -0.4 is 0 Å². The molecule has 0 saturated heterocycles. The second-order valence-corrected chi connectivity index (χ2v) is 3.06. The predicted octanol–water partition coefficient (Wildman–Crippen LogP) is 2.88. The van der Waals surface area contributed by atoms with Crippen molar-refractivity contribution < 1.29 is 13.6 Å². The number of hydrogen-bond acceptors (Lipinski definition) is 2. The normalized spacial score (nSPS) is 9.71. The second-order valence-electron chi connectivity index (χ2n) is 3.06. The lowest BCUT2D eigenvalue weighted by atomic mass is 10.2. The highest BCUT2D eigenvalue weighted by atomic mass is 19.2. The molecule has 0 aliphatic rings. The Hall–Kier alpha value is -1.45. The van der Waals surface area contributed by atoms with Gasteiger partial charge in [-0.1, -0.05) is 11.2 Å². The highest BCUT2D eigenvalue weighted by molar-refractivity contribution is 5.78. The average molecular weight is 199 g/mol. The zero-order chi connectivity index (χ0) is 10.6. The van der Waals surface area contributed by atoms with Crippen molar-refractivity contribution in [1.29, 1.82) is 0 Å². The van der Waals surface area contributed by atoms with Gasteiger partial charge in [-0.05, 0) is 31.5 Å². The van der Waals surface area contributed by atoms with Crippen molar-refractivity contribution in [3.8, 4) is 0 Å². The Morgan fingerprint density at radius 2 is 2.00 bits per heavy atom.